The van der Waals surface area contributed by atoms with Gasteiger partial charge < -0.3 is 5.73 Å². The minimum atomic E-state index is -0.206. The third kappa shape index (κ3) is 2.48. The number of thiophene rings is 2. The largest absolute Gasteiger partial charge is 0.319 e. The smallest absolute Gasteiger partial charge is 0.124 e. The molecular formula is C14H11BrFNS2. The summed E-state index contributed by atoms with van der Waals surface area (Å²) in [7, 11) is 0. The molecule has 0 bridgehead atoms. The van der Waals surface area contributed by atoms with Crippen LogP contribution in [0.25, 0.3) is 10.1 Å². The summed E-state index contributed by atoms with van der Waals surface area (Å²) in [6.45, 7) is 2.06. The van der Waals surface area contributed by atoms with E-state index in [1.54, 1.807) is 34.8 Å². The Labute approximate surface area is 127 Å². The Balaban J connectivity index is 2.06. The molecular weight excluding hydrogens is 345 g/mol. The number of hydrogen-bond donors (Lipinski definition) is 1. The summed E-state index contributed by atoms with van der Waals surface area (Å²) in [5.41, 5.74) is 6.33. The van der Waals surface area contributed by atoms with Crippen LogP contribution in [0.1, 0.15) is 20.7 Å². The highest BCUT2D eigenvalue weighted by Gasteiger charge is 2.17. The molecule has 1 unspecified atom stereocenters. The van der Waals surface area contributed by atoms with Crippen molar-refractivity contribution in [2.24, 2.45) is 5.73 Å². The van der Waals surface area contributed by atoms with Crippen LogP contribution in [0.3, 0.4) is 0 Å². The third-order valence-electron chi connectivity index (χ3n) is 2.93. The quantitative estimate of drug-likeness (QED) is 0.669. The van der Waals surface area contributed by atoms with Gasteiger partial charge in [-0.2, -0.15) is 0 Å². The molecule has 0 aliphatic rings. The summed E-state index contributed by atoms with van der Waals surface area (Å²) in [4.78, 5) is 3.40. The fraction of sp³-hybridized carbons (Fsp3) is 0.143. The zero-order valence-electron chi connectivity index (χ0n) is 10.1. The fourth-order valence-electron chi connectivity index (χ4n) is 2.02. The van der Waals surface area contributed by atoms with E-state index in [0.717, 1.165) is 24.3 Å². The van der Waals surface area contributed by atoms with Crippen LogP contribution in [0.2, 0.25) is 0 Å². The first-order valence-electron chi connectivity index (χ1n) is 5.75. The summed E-state index contributed by atoms with van der Waals surface area (Å²) in [6.07, 6.45) is 0. The number of hydrogen-bond acceptors (Lipinski definition) is 3. The molecule has 98 valence electrons. The monoisotopic (exact) mass is 355 g/mol. The van der Waals surface area contributed by atoms with Crippen LogP contribution in [0.5, 0.6) is 0 Å². The molecule has 3 aromatic rings. The predicted octanol–water partition coefficient (Wildman–Crippen LogP) is 5.22. The van der Waals surface area contributed by atoms with Crippen LogP contribution in [-0.4, -0.2) is 0 Å². The Morgan fingerprint density at radius 2 is 2.00 bits per heavy atom. The fourth-order valence-corrected chi connectivity index (χ4v) is 5.12. The van der Waals surface area contributed by atoms with Crippen LogP contribution in [0.15, 0.2) is 34.8 Å². The van der Waals surface area contributed by atoms with Crippen molar-refractivity contribution in [3.63, 3.8) is 0 Å². The number of fused-ring (bicyclic) bond motifs is 1. The third-order valence-corrected chi connectivity index (χ3v) is 6.16. The lowest BCUT2D eigenvalue weighted by Gasteiger charge is -2.07. The Morgan fingerprint density at radius 3 is 2.68 bits per heavy atom. The van der Waals surface area contributed by atoms with Crippen LogP contribution in [0, 0.1) is 12.7 Å². The van der Waals surface area contributed by atoms with Crippen molar-refractivity contribution < 1.29 is 4.39 Å². The van der Waals surface area contributed by atoms with E-state index in [0.29, 0.717) is 0 Å². The molecule has 5 heteroatoms. The second kappa shape index (κ2) is 4.98. The summed E-state index contributed by atoms with van der Waals surface area (Å²) >= 11 is 6.79. The lowest BCUT2D eigenvalue weighted by atomic mass is 10.2. The maximum absolute atomic E-state index is 13.2. The molecule has 0 radical (unpaired) electrons. The van der Waals surface area contributed by atoms with Gasteiger partial charge in [0.1, 0.15) is 5.82 Å². The maximum atomic E-state index is 13.2. The predicted molar refractivity (Wildman–Crippen MR) is 84.6 cm³/mol. The zero-order valence-corrected chi connectivity index (χ0v) is 13.3. The van der Waals surface area contributed by atoms with Gasteiger partial charge in [0.05, 0.1) is 6.04 Å². The van der Waals surface area contributed by atoms with E-state index in [4.69, 9.17) is 5.73 Å². The van der Waals surface area contributed by atoms with Gasteiger partial charge >= 0.3 is 0 Å². The average Bonchev–Trinajstić information content (AvgIpc) is 2.91. The van der Waals surface area contributed by atoms with E-state index >= 15 is 0 Å². The van der Waals surface area contributed by atoms with Crippen molar-refractivity contribution in [1.82, 2.24) is 0 Å². The summed E-state index contributed by atoms with van der Waals surface area (Å²) in [6, 6.07) is 8.80. The SMILES string of the molecule is Cc1cc(Br)c(C(N)c2cc3ccc(F)cc3s2)s1. The Hall–Kier alpha value is -0.750. The Kier molecular flexibility index (Phi) is 3.47. The number of halogens is 2. The summed E-state index contributed by atoms with van der Waals surface area (Å²) in [5.74, 6) is -0.206. The van der Waals surface area contributed by atoms with Crippen molar-refractivity contribution in [1.29, 1.82) is 0 Å². The molecule has 2 heterocycles. The Morgan fingerprint density at radius 1 is 1.21 bits per heavy atom. The van der Waals surface area contributed by atoms with Gasteiger partial charge in [0.2, 0.25) is 0 Å². The molecule has 0 amide bonds. The standard InChI is InChI=1S/C14H11BrFNS2/c1-7-4-10(15)14(18-7)13(17)12-5-8-2-3-9(16)6-11(8)19-12/h2-6,13H,17H2,1H3. The van der Waals surface area contributed by atoms with Crippen molar-refractivity contribution in [3.8, 4) is 0 Å². The van der Waals surface area contributed by atoms with Gasteiger partial charge in [-0.3, -0.25) is 0 Å². The maximum Gasteiger partial charge on any atom is 0.124 e. The number of rotatable bonds is 2. The van der Waals surface area contributed by atoms with Crippen LogP contribution in [-0.2, 0) is 0 Å². The first-order chi connectivity index (χ1) is 9.04. The molecule has 3 rings (SSSR count). The van der Waals surface area contributed by atoms with Gasteiger partial charge in [-0.05, 0) is 52.5 Å². The number of nitrogens with two attached hydrogens (primary N) is 1. The van der Waals surface area contributed by atoms with E-state index in [9.17, 15) is 4.39 Å². The highest BCUT2D eigenvalue weighted by molar-refractivity contribution is 9.10. The molecule has 0 saturated carbocycles. The van der Waals surface area contributed by atoms with Gasteiger partial charge in [-0.15, -0.1) is 22.7 Å². The second-order valence-electron chi connectivity index (χ2n) is 4.38. The summed E-state index contributed by atoms with van der Waals surface area (Å²) in [5, 5.41) is 1.04. The lowest BCUT2D eigenvalue weighted by molar-refractivity contribution is 0.630. The van der Waals surface area contributed by atoms with E-state index < -0.39 is 0 Å². The van der Waals surface area contributed by atoms with E-state index in [2.05, 4.69) is 28.9 Å². The van der Waals surface area contributed by atoms with Crippen LogP contribution < -0.4 is 5.73 Å². The molecule has 2 N–H and O–H groups in total. The van der Waals surface area contributed by atoms with E-state index in [1.165, 1.54) is 10.9 Å². The van der Waals surface area contributed by atoms with Crippen molar-refractivity contribution >= 4 is 48.7 Å². The molecule has 0 saturated heterocycles. The van der Waals surface area contributed by atoms with Crippen molar-refractivity contribution in [2.75, 3.05) is 0 Å². The number of aryl methyl sites for hydroxylation is 1. The average molecular weight is 356 g/mol. The van der Waals surface area contributed by atoms with E-state index in [1.807, 2.05) is 6.07 Å². The van der Waals surface area contributed by atoms with Crippen molar-refractivity contribution in [3.05, 3.63) is 55.3 Å². The molecule has 2 aromatic heterocycles. The first-order valence-corrected chi connectivity index (χ1v) is 8.17. The Bertz CT molecular complexity index is 747. The molecule has 1 nitrogen and oxygen atoms in total. The summed E-state index contributed by atoms with van der Waals surface area (Å²) < 4.78 is 15.2. The molecule has 19 heavy (non-hydrogen) atoms. The zero-order chi connectivity index (χ0) is 13.6. The molecule has 1 atom stereocenters. The van der Waals surface area contributed by atoms with Gasteiger partial charge in [0, 0.05) is 23.8 Å². The second-order valence-corrected chi connectivity index (χ2v) is 7.64. The molecule has 1 aromatic carbocycles. The van der Waals surface area contributed by atoms with Crippen molar-refractivity contribution in [2.45, 2.75) is 13.0 Å². The highest BCUT2D eigenvalue weighted by atomic mass is 79.9. The van der Waals surface area contributed by atoms with Crippen LogP contribution >= 0.6 is 38.6 Å². The minimum absolute atomic E-state index is 0.159. The highest BCUT2D eigenvalue weighted by Crippen LogP contribution is 2.38. The number of benzene rings is 1. The van der Waals surface area contributed by atoms with Gasteiger partial charge in [-0.25, -0.2) is 4.39 Å². The van der Waals surface area contributed by atoms with Gasteiger partial charge in [-0.1, -0.05) is 6.07 Å². The first kappa shape index (κ1) is 13.2. The molecule has 0 spiro atoms. The topological polar surface area (TPSA) is 26.0 Å². The normalized spacial score (nSPS) is 13.1. The molecule has 0 aliphatic carbocycles. The van der Waals surface area contributed by atoms with Crippen LogP contribution in [0.4, 0.5) is 4.39 Å². The lowest BCUT2D eigenvalue weighted by Crippen LogP contribution is -2.08. The van der Waals surface area contributed by atoms with Gasteiger partial charge in [0.25, 0.3) is 0 Å². The van der Waals surface area contributed by atoms with E-state index in [-0.39, 0.29) is 11.9 Å². The molecule has 0 aliphatic heterocycles. The minimum Gasteiger partial charge on any atom is -0.319 e. The molecule has 0 fully saturated rings. The van der Waals surface area contributed by atoms with Gasteiger partial charge in [0.15, 0.2) is 0 Å².